The highest BCUT2D eigenvalue weighted by atomic mass is 16.3. The first-order chi connectivity index (χ1) is 6.33. The highest BCUT2D eigenvalue weighted by Gasteiger charge is 2.08. The van der Waals surface area contributed by atoms with Gasteiger partial charge in [-0.05, 0) is 26.0 Å². The summed E-state index contributed by atoms with van der Waals surface area (Å²) in [5.41, 5.74) is 7.75. The third-order valence-corrected chi connectivity index (χ3v) is 2.29. The summed E-state index contributed by atoms with van der Waals surface area (Å²) >= 11 is 0. The molecule has 2 aromatic rings. The second kappa shape index (κ2) is 3.23. The second-order valence-electron chi connectivity index (χ2n) is 3.17. The topological polar surface area (TPSA) is 39.2 Å². The number of para-hydroxylation sites is 1. The van der Waals surface area contributed by atoms with Gasteiger partial charge in [-0.2, -0.15) is 0 Å². The van der Waals surface area contributed by atoms with Crippen molar-refractivity contribution >= 4 is 11.0 Å². The fourth-order valence-corrected chi connectivity index (χ4v) is 1.68. The Kier molecular flexibility index (Phi) is 2.07. The van der Waals surface area contributed by atoms with Crippen molar-refractivity contribution in [2.24, 2.45) is 5.73 Å². The van der Waals surface area contributed by atoms with Crippen LogP contribution in [0.15, 0.2) is 28.7 Å². The van der Waals surface area contributed by atoms with E-state index < -0.39 is 0 Å². The Morgan fingerprint density at radius 3 is 2.85 bits per heavy atom. The maximum atomic E-state index is 5.60. The van der Waals surface area contributed by atoms with Gasteiger partial charge in [-0.1, -0.05) is 18.2 Å². The van der Waals surface area contributed by atoms with E-state index in [2.05, 4.69) is 6.07 Å². The summed E-state index contributed by atoms with van der Waals surface area (Å²) < 4.78 is 5.60. The average molecular weight is 175 g/mol. The third-order valence-electron chi connectivity index (χ3n) is 2.29. The maximum absolute atomic E-state index is 5.60. The summed E-state index contributed by atoms with van der Waals surface area (Å²) in [6.45, 7) is 2.66. The molecule has 13 heavy (non-hydrogen) atoms. The van der Waals surface area contributed by atoms with Gasteiger partial charge in [-0.15, -0.1) is 0 Å². The number of fused-ring (bicyclic) bond motifs is 1. The SMILES string of the molecule is Cc1oc2ccccc2c1CCN. The molecule has 1 aromatic carbocycles. The molecule has 1 heterocycles. The predicted octanol–water partition coefficient (Wildman–Crippen LogP) is 2.24. The molecular weight excluding hydrogens is 162 g/mol. The molecule has 0 aliphatic carbocycles. The second-order valence-corrected chi connectivity index (χ2v) is 3.17. The van der Waals surface area contributed by atoms with Gasteiger partial charge in [-0.3, -0.25) is 0 Å². The van der Waals surface area contributed by atoms with Gasteiger partial charge in [0.15, 0.2) is 0 Å². The van der Waals surface area contributed by atoms with Crippen LogP contribution in [0.3, 0.4) is 0 Å². The number of hydrogen-bond donors (Lipinski definition) is 1. The van der Waals surface area contributed by atoms with Gasteiger partial charge in [0.05, 0.1) is 0 Å². The molecule has 2 rings (SSSR count). The maximum Gasteiger partial charge on any atom is 0.134 e. The van der Waals surface area contributed by atoms with Gasteiger partial charge >= 0.3 is 0 Å². The molecule has 0 bridgehead atoms. The molecule has 0 unspecified atom stereocenters. The van der Waals surface area contributed by atoms with Crippen molar-refractivity contribution in [1.29, 1.82) is 0 Å². The number of rotatable bonds is 2. The Morgan fingerprint density at radius 1 is 1.31 bits per heavy atom. The summed E-state index contributed by atoms with van der Waals surface area (Å²) in [6, 6.07) is 8.08. The first-order valence-electron chi connectivity index (χ1n) is 4.50. The number of nitrogens with two attached hydrogens (primary N) is 1. The fraction of sp³-hybridized carbons (Fsp3) is 0.273. The summed E-state index contributed by atoms with van der Waals surface area (Å²) in [7, 11) is 0. The normalized spacial score (nSPS) is 10.9. The van der Waals surface area contributed by atoms with Crippen LogP contribution in [-0.2, 0) is 6.42 Å². The van der Waals surface area contributed by atoms with Crippen LogP contribution in [0, 0.1) is 6.92 Å². The number of hydrogen-bond acceptors (Lipinski definition) is 2. The first-order valence-corrected chi connectivity index (χ1v) is 4.50. The van der Waals surface area contributed by atoms with Gasteiger partial charge in [0.1, 0.15) is 11.3 Å². The molecule has 1 aromatic heterocycles. The minimum Gasteiger partial charge on any atom is -0.461 e. The molecule has 0 saturated heterocycles. The van der Waals surface area contributed by atoms with Gasteiger partial charge in [-0.25, -0.2) is 0 Å². The smallest absolute Gasteiger partial charge is 0.134 e. The molecule has 0 amide bonds. The predicted molar refractivity (Wildman–Crippen MR) is 53.7 cm³/mol. The van der Waals surface area contributed by atoms with Crippen molar-refractivity contribution in [2.75, 3.05) is 6.54 Å². The summed E-state index contributed by atoms with van der Waals surface area (Å²) in [6.07, 6.45) is 0.892. The van der Waals surface area contributed by atoms with Crippen LogP contribution in [0.2, 0.25) is 0 Å². The quantitative estimate of drug-likeness (QED) is 0.760. The summed E-state index contributed by atoms with van der Waals surface area (Å²) in [5.74, 6) is 0.992. The van der Waals surface area contributed by atoms with E-state index in [0.717, 1.165) is 17.8 Å². The minimum atomic E-state index is 0.671. The van der Waals surface area contributed by atoms with E-state index in [1.807, 2.05) is 25.1 Å². The molecule has 0 aliphatic rings. The Balaban J connectivity index is 2.64. The lowest BCUT2D eigenvalue weighted by molar-refractivity contribution is 0.572. The molecule has 0 saturated carbocycles. The molecule has 2 N–H and O–H groups in total. The van der Waals surface area contributed by atoms with Gasteiger partial charge in [0.25, 0.3) is 0 Å². The monoisotopic (exact) mass is 175 g/mol. The van der Waals surface area contributed by atoms with E-state index in [-0.39, 0.29) is 0 Å². The number of aryl methyl sites for hydroxylation is 1. The van der Waals surface area contributed by atoms with Crippen LogP contribution in [0.25, 0.3) is 11.0 Å². The van der Waals surface area contributed by atoms with Crippen molar-refractivity contribution < 1.29 is 4.42 Å². The van der Waals surface area contributed by atoms with Gasteiger partial charge in [0, 0.05) is 10.9 Å². The van der Waals surface area contributed by atoms with E-state index in [0.29, 0.717) is 6.54 Å². The van der Waals surface area contributed by atoms with Crippen LogP contribution >= 0.6 is 0 Å². The van der Waals surface area contributed by atoms with E-state index in [9.17, 15) is 0 Å². The van der Waals surface area contributed by atoms with E-state index in [1.54, 1.807) is 0 Å². The van der Waals surface area contributed by atoms with E-state index >= 15 is 0 Å². The van der Waals surface area contributed by atoms with Crippen LogP contribution in [0.1, 0.15) is 11.3 Å². The zero-order valence-electron chi connectivity index (χ0n) is 7.71. The standard InChI is InChI=1S/C11H13NO/c1-8-9(6-7-12)10-4-2-3-5-11(10)13-8/h2-5H,6-7,12H2,1H3. The number of furan rings is 1. The zero-order valence-corrected chi connectivity index (χ0v) is 7.71. The lowest BCUT2D eigenvalue weighted by atomic mass is 10.1. The van der Waals surface area contributed by atoms with Crippen LogP contribution in [0.5, 0.6) is 0 Å². The van der Waals surface area contributed by atoms with Gasteiger partial charge < -0.3 is 10.2 Å². The van der Waals surface area contributed by atoms with Crippen molar-refractivity contribution in [1.82, 2.24) is 0 Å². The molecular formula is C11H13NO. The fourth-order valence-electron chi connectivity index (χ4n) is 1.68. The Morgan fingerprint density at radius 2 is 2.08 bits per heavy atom. The highest BCUT2D eigenvalue weighted by molar-refractivity contribution is 5.82. The Labute approximate surface area is 77.3 Å². The van der Waals surface area contributed by atoms with Crippen molar-refractivity contribution in [2.45, 2.75) is 13.3 Å². The molecule has 2 nitrogen and oxygen atoms in total. The zero-order chi connectivity index (χ0) is 9.26. The molecule has 68 valence electrons. The lowest BCUT2D eigenvalue weighted by Crippen LogP contribution is -2.02. The average Bonchev–Trinajstić information content (AvgIpc) is 2.44. The minimum absolute atomic E-state index is 0.671. The molecule has 0 atom stereocenters. The molecule has 0 fully saturated rings. The van der Waals surface area contributed by atoms with Crippen LogP contribution in [0.4, 0.5) is 0 Å². The van der Waals surface area contributed by atoms with Crippen molar-refractivity contribution in [3.05, 3.63) is 35.6 Å². The highest BCUT2D eigenvalue weighted by Crippen LogP contribution is 2.24. The molecule has 0 spiro atoms. The van der Waals surface area contributed by atoms with E-state index in [4.69, 9.17) is 10.2 Å². The van der Waals surface area contributed by atoms with Crippen LogP contribution in [-0.4, -0.2) is 6.54 Å². The van der Waals surface area contributed by atoms with Crippen molar-refractivity contribution in [3.63, 3.8) is 0 Å². The van der Waals surface area contributed by atoms with E-state index in [1.165, 1.54) is 10.9 Å². The van der Waals surface area contributed by atoms with Crippen molar-refractivity contribution in [3.8, 4) is 0 Å². The first kappa shape index (κ1) is 8.32. The molecule has 2 heteroatoms. The number of benzene rings is 1. The Hall–Kier alpha value is -1.28. The lowest BCUT2D eigenvalue weighted by Gasteiger charge is -1.94. The van der Waals surface area contributed by atoms with Crippen LogP contribution < -0.4 is 5.73 Å². The molecule has 0 aliphatic heterocycles. The largest absolute Gasteiger partial charge is 0.461 e. The third kappa shape index (κ3) is 1.33. The molecule has 0 radical (unpaired) electrons. The Bertz CT molecular complexity index is 417. The summed E-state index contributed by atoms with van der Waals surface area (Å²) in [5, 5.41) is 1.20. The van der Waals surface area contributed by atoms with Gasteiger partial charge in [0.2, 0.25) is 0 Å². The summed E-state index contributed by atoms with van der Waals surface area (Å²) in [4.78, 5) is 0.